The number of aliphatic imine (C=N–C) groups is 1. The Balaban J connectivity index is 1.90. The van der Waals surface area contributed by atoms with E-state index in [9.17, 15) is 4.79 Å². The Labute approximate surface area is 194 Å². The van der Waals surface area contributed by atoms with Gasteiger partial charge in [-0.1, -0.05) is 30.4 Å². The number of methoxy groups -OCH3 is 1. The number of ether oxygens (including phenoxy) is 1. The molecule has 0 atom stereocenters. The summed E-state index contributed by atoms with van der Waals surface area (Å²) < 4.78 is 6.17. The number of rotatable bonds is 10. The number of allylic oxidation sites excluding steroid dienone is 5. The second kappa shape index (κ2) is 11.7. The number of hydrogen-bond acceptors (Lipinski definition) is 5. The summed E-state index contributed by atoms with van der Waals surface area (Å²) >= 11 is 1.64. The third-order valence-corrected chi connectivity index (χ3v) is 6.27. The van der Waals surface area contributed by atoms with Crippen LogP contribution in [-0.4, -0.2) is 36.9 Å². The number of aromatic nitrogens is 1. The van der Waals surface area contributed by atoms with Crippen molar-refractivity contribution in [2.24, 2.45) is 4.99 Å². The van der Waals surface area contributed by atoms with E-state index in [0.29, 0.717) is 26.0 Å². The highest BCUT2D eigenvalue weighted by molar-refractivity contribution is 7.16. The van der Waals surface area contributed by atoms with Crippen LogP contribution in [0, 0.1) is 0 Å². The highest BCUT2D eigenvalue weighted by Crippen LogP contribution is 2.32. The maximum absolute atomic E-state index is 12.1. The first-order chi connectivity index (χ1) is 15.5. The predicted octanol–water partition coefficient (Wildman–Crippen LogP) is 5.86. The Morgan fingerprint density at radius 1 is 1.34 bits per heavy atom. The Hall–Kier alpha value is -2.83. The second-order valence-electron chi connectivity index (χ2n) is 7.88. The Bertz CT molecular complexity index is 1110. The molecular formula is C26H31N3O2S. The van der Waals surface area contributed by atoms with Gasteiger partial charge in [0.05, 0.1) is 33.7 Å². The molecule has 0 saturated heterocycles. The van der Waals surface area contributed by atoms with Gasteiger partial charge in [-0.15, -0.1) is 11.3 Å². The molecule has 0 aliphatic heterocycles. The summed E-state index contributed by atoms with van der Waals surface area (Å²) in [4.78, 5) is 21.5. The van der Waals surface area contributed by atoms with E-state index in [4.69, 9.17) is 9.73 Å². The van der Waals surface area contributed by atoms with Crippen molar-refractivity contribution in [2.75, 3.05) is 20.3 Å². The molecule has 1 aliphatic carbocycles. The molecule has 1 aliphatic rings. The first kappa shape index (κ1) is 23.8. The molecule has 0 bridgehead atoms. The van der Waals surface area contributed by atoms with Crippen molar-refractivity contribution in [3.05, 3.63) is 70.9 Å². The molecule has 3 rings (SSSR count). The molecule has 1 aromatic heterocycles. The van der Waals surface area contributed by atoms with Gasteiger partial charge in [0.1, 0.15) is 0 Å². The number of nitrogens with one attached hydrogen (secondary N) is 1. The van der Waals surface area contributed by atoms with Gasteiger partial charge >= 0.3 is 0 Å². The zero-order valence-corrected chi connectivity index (χ0v) is 19.9. The van der Waals surface area contributed by atoms with Crippen LogP contribution >= 0.6 is 11.3 Å². The van der Waals surface area contributed by atoms with Crippen molar-refractivity contribution >= 4 is 38.7 Å². The van der Waals surface area contributed by atoms with E-state index in [-0.39, 0.29) is 5.91 Å². The lowest BCUT2D eigenvalue weighted by Crippen LogP contribution is -2.28. The van der Waals surface area contributed by atoms with Crippen LogP contribution in [0.15, 0.2) is 70.4 Å². The van der Waals surface area contributed by atoms with Crippen LogP contribution in [0.4, 0.5) is 0 Å². The van der Waals surface area contributed by atoms with Crippen LogP contribution < -0.4 is 5.32 Å². The first-order valence-electron chi connectivity index (χ1n) is 10.9. The quantitative estimate of drug-likeness (QED) is 0.281. The fourth-order valence-corrected chi connectivity index (χ4v) is 4.22. The van der Waals surface area contributed by atoms with Gasteiger partial charge in [-0.05, 0) is 68.0 Å². The number of nitrogens with zero attached hydrogens (tertiary/aromatic N) is 2. The lowest BCUT2D eigenvalue weighted by Gasteiger charge is -2.17. The fraction of sp³-hybridized carbons (Fsp3) is 0.346. The van der Waals surface area contributed by atoms with Crippen LogP contribution in [0.2, 0.25) is 0 Å². The number of benzene rings is 1. The number of carbonyl (C=O) groups is 1. The highest BCUT2D eigenvalue weighted by atomic mass is 32.1. The van der Waals surface area contributed by atoms with E-state index in [2.05, 4.69) is 61.1 Å². The summed E-state index contributed by atoms with van der Waals surface area (Å²) in [5, 5.41) is 2.95. The number of hydrogen-bond donors (Lipinski definition) is 1. The van der Waals surface area contributed by atoms with Crippen molar-refractivity contribution in [1.29, 1.82) is 0 Å². The fourth-order valence-electron chi connectivity index (χ4n) is 3.51. The van der Waals surface area contributed by atoms with Crippen LogP contribution in [0.1, 0.15) is 45.1 Å². The van der Waals surface area contributed by atoms with Gasteiger partial charge in [-0.2, -0.15) is 0 Å². The predicted molar refractivity (Wildman–Crippen MR) is 135 cm³/mol. The Morgan fingerprint density at radius 3 is 2.91 bits per heavy atom. The summed E-state index contributed by atoms with van der Waals surface area (Å²) in [6.07, 6.45) is 9.14. The molecule has 32 heavy (non-hydrogen) atoms. The smallest absolute Gasteiger partial charge is 0.220 e. The maximum atomic E-state index is 12.1. The number of amides is 1. The van der Waals surface area contributed by atoms with E-state index >= 15 is 0 Å². The minimum Gasteiger partial charge on any atom is -0.385 e. The molecule has 0 unspecified atom stereocenters. The number of carbonyl (C=O) groups excluding carboxylic acids is 1. The topological polar surface area (TPSA) is 63.6 Å². The molecule has 0 spiro atoms. The highest BCUT2D eigenvalue weighted by Gasteiger charge is 2.14. The third kappa shape index (κ3) is 6.34. The molecule has 5 nitrogen and oxygen atoms in total. The Kier molecular flexibility index (Phi) is 8.71. The van der Waals surface area contributed by atoms with Gasteiger partial charge in [0.25, 0.3) is 0 Å². The van der Waals surface area contributed by atoms with E-state index in [0.717, 1.165) is 45.6 Å². The molecule has 1 aromatic carbocycles. The largest absolute Gasteiger partial charge is 0.385 e. The molecule has 2 aromatic rings. The van der Waals surface area contributed by atoms with Crippen LogP contribution in [0.25, 0.3) is 15.8 Å². The molecule has 1 N–H and O–H groups in total. The number of fused-ring (bicyclic) bond motifs is 1. The molecule has 0 radical (unpaired) electrons. The summed E-state index contributed by atoms with van der Waals surface area (Å²) in [6.45, 7) is 9.11. The maximum Gasteiger partial charge on any atom is 0.220 e. The normalized spacial score (nSPS) is 15.2. The van der Waals surface area contributed by atoms with Crippen molar-refractivity contribution in [3.8, 4) is 0 Å². The van der Waals surface area contributed by atoms with Crippen molar-refractivity contribution in [2.45, 2.75) is 39.5 Å². The van der Waals surface area contributed by atoms with Crippen LogP contribution in [0.5, 0.6) is 0 Å². The average Bonchev–Trinajstić information content (AvgIpc) is 3.28. The summed E-state index contributed by atoms with van der Waals surface area (Å²) in [5.74, 6) is -0.00932. The van der Waals surface area contributed by atoms with Crippen molar-refractivity contribution < 1.29 is 9.53 Å². The van der Waals surface area contributed by atoms with E-state index in [1.165, 1.54) is 11.1 Å². The molecule has 6 heteroatoms. The zero-order valence-electron chi connectivity index (χ0n) is 19.1. The van der Waals surface area contributed by atoms with Gasteiger partial charge < -0.3 is 10.1 Å². The lowest BCUT2D eigenvalue weighted by molar-refractivity contribution is -0.121. The molecular weight excluding hydrogens is 418 g/mol. The second-order valence-corrected chi connectivity index (χ2v) is 8.76. The minimum atomic E-state index is -0.00932. The SMILES string of the molecule is C=CC(CNC(=O)CCCOC)=N/C(C1=CCC(C)=CC1)=C(\C)c1ccc2ncsc2c1. The molecule has 168 valence electrons. The summed E-state index contributed by atoms with van der Waals surface area (Å²) in [5.41, 5.74) is 9.36. The van der Waals surface area contributed by atoms with Gasteiger partial charge in [0.2, 0.25) is 5.91 Å². The minimum absolute atomic E-state index is 0.00932. The van der Waals surface area contributed by atoms with Gasteiger partial charge in [-0.25, -0.2) is 4.98 Å². The van der Waals surface area contributed by atoms with E-state index < -0.39 is 0 Å². The average molecular weight is 450 g/mol. The van der Waals surface area contributed by atoms with Crippen LogP contribution in [0.3, 0.4) is 0 Å². The van der Waals surface area contributed by atoms with Gasteiger partial charge in [0, 0.05) is 20.1 Å². The molecule has 1 heterocycles. The van der Waals surface area contributed by atoms with Gasteiger partial charge in [0.15, 0.2) is 0 Å². The van der Waals surface area contributed by atoms with Gasteiger partial charge in [-0.3, -0.25) is 9.79 Å². The molecule has 0 fully saturated rings. The Morgan fingerprint density at radius 2 is 2.19 bits per heavy atom. The van der Waals surface area contributed by atoms with E-state index in [1.807, 2.05) is 5.51 Å². The third-order valence-electron chi connectivity index (χ3n) is 5.47. The molecule has 0 saturated carbocycles. The first-order valence-corrected chi connectivity index (χ1v) is 11.7. The number of thiazole rings is 1. The monoisotopic (exact) mass is 449 g/mol. The lowest BCUT2D eigenvalue weighted by atomic mass is 9.93. The van der Waals surface area contributed by atoms with Crippen LogP contribution in [-0.2, 0) is 9.53 Å². The summed E-state index contributed by atoms with van der Waals surface area (Å²) in [6, 6.07) is 6.33. The van der Waals surface area contributed by atoms with E-state index in [1.54, 1.807) is 24.5 Å². The standard InChI is InChI=1S/C26H31N3O2S/c1-5-22(16-27-25(30)7-6-14-31-4)29-26(20-10-8-18(2)9-11-20)19(3)21-12-13-23-24(15-21)32-17-28-23/h5,8,11-13,15,17H,1,6-7,9-10,14,16H2,2-4H3,(H,27,30)/b26-19+,29-22?. The molecule has 1 amide bonds. The zero-order chi connectivity index (χ0) is 22.9. The van der Waals surface area contributed by atoms with Crippen molar-refractivity contribution in [3.63, 3.8) is 0 Å². The van der Waals surface area contributed by atoms with Crippen molar-refractivity contribution in [1.82, 2.24) is 10.3 Å². The summed E-state index contributed by atoms with van der Waals surface area (Å²) in [7, 11) is 1.64.